The van der Waals surface area contributed by atoms with Crippen LogP contribution in [0, 0.1) is 0 Å². The predicted molar refractivity (Wildman–Crippen MR) is 102 cm³/mol. The first-order valence-corrected chi connectivity index (χ1v) is 10.1. The summed E-state index contributed by atoms with van der Waals surface area (Å²) < 4.78 is 27.2. The standard InChI is InChI=1S/C17H27N3O3S.ClH/c1-2-10-18-11-12-19-17(21)15-8-4-5-9-16(15)24(22,23)20-13-6-3-7-14-20;/h4-5,8-9,18H,2-3,6-7,10-14H2,1H3,(H,19,21);1H. The molecule has 1 amide bonds. The van der Waals surface area contributed by atoms with Crippen LogP contribution >= 0.6 is 12.4 Å². The summed E-state index contributed by atoms with van der Waals surface area (Å²) in [6, 6.07) is 6.45. The molecule has 0 aromatic heterocycles. The van der Waals surface area contributed by atoms with E-state index in [9.17, 15) is 13.2 Å². The summed E-state index contributed by atoms with van der Waals surface area (Å²) in [6.45, 7) is 5.17. The Hall–Kier alpha value is -1.15. The number of nitrogens with one attached hydrogen (secondary N) is 2. The smallest absolute Gasteiger partial charge is 0.252 e. The van der Waals surface area contributed by atoms with Gasteiger partial charge in [0.25, 0.3) is 5.91 Å². The molecule has 0 radical (unpaired) electrons. The largest absolute Gasteiger partial charge is 0.351 e. The van der Waals surface area contributed by atoms with E-state index in [1.807, 2.05) is 0 Å². The average Bonchev–Trinajstić information content (AvgIpc) is 2.62. The first kappa shape index (κ1) is 21.9. The number of amides is 1. The topological polar surface area (TPSA) is 78.5 Å². The zero-order valence-electron chi connectivity index (χ0n) is 14.7. The first-order valence-electron chi connectivity index (χ1n) is 8.65. The summed E-state index contributed by atoms with van der Waals surface area (Å²) in [4.78, 5) is 12.5. The summed E-state index contributed by atoms with van der Waals surface area (Å²) in [5, 5.41) is 5.99. The lowest BCUT2D eigenvalue weighted by Gasteiger charge is -2.26. The number of hydrogen-bond acceptors (Lipinski definition) is 4. The maximum atomic E-state index is 12.9. The molecule has 0 saturated carbocycles. The van der Waals surface area contributed by atoms with Gasteiger partial charge < -0.3 is 10.6 Å². The van der Waals surface area contributed by atoms with Gasteiger partial charge in [-0.2, -0.15) is 4.31 Å². The summed E-state index contributed by atoms with van der Waals surface area (Å²) in [5.74, 6) is -0.343. The highest BCUT2D eigenvalue weighted by Crippen LogP contribution is 2.23. The third kappa shape index (κ3) is 5.95. The highest BCUT2D eigenvalue weighted by atomic mass is 35.5. The summed E-state index contributed by atoms with van der Waals surface area (Å²) >= 11 is 0. The Labute approximate surface area is 156 Å². The molecule has 1 heterocycles. The van der Waals surface area contributed by atoms with Gasteiger partial charge in [-0.1, -0.05) is 25.5 Å². The summed E-state index contributed by atoms with van der Waals surface area (Å²) in [7, 11) is -3.62. The molecular formula is C17H28ClN3O3S. The van der Waals surface area contributed by atoms with Crippen LogP contribution in [0.4, 0.5) is 0 Å². The van der Waals surface area contributed by atoms with Crippen LogP contribution < -0.4 is 10.6 Å². The molecule has 1 saturated heterocycles. The second-order valence-electron chi connectivity index (χ2n) is 5.97. The van der Waals surface area contributed by atoms with Crippen molar-refractivity contribution in [2.45, 2.75) is 37.5 Å². The van der Waals surface area contributed by atoms with Crippen molar-refractivity contribution in [1.82, 2.24) is 14.9 Å². The Bertz CT molecular complexity index is 646. The van der Waals surface area contributed by atoms with E-state index < -0.39 is 10.0 Å². The Morgan fingerprint density at radius 2 is 1.76 bits per heavy atom. The molecule has 6 nitrogen and oxygen atoms in total. The number of benzene rings is 1. The Morgan fingerprint density at radius 1 is 1.08 bits per heavy atom. The van der Waals surface area contributed by atoms with E-state index >= 15 is 0 Å². The predicted octanol–water partition coefficient (Wildman–Crippen LogP) is 2.01. The summed E-state index contributed by atoms with van der Waals surface area (Å²) in [5.41, 5.74) is 0.221. The van der Waals surface area contributed by atoms with E-state index in [-0.39, 0.29) is 28.8 Å². The van der Waals surface area contributed by atoms with Crippen LogP contribution in [-0.4, -0.2) is 51.4 Å². The van der Waals surface area contributed by atoms with Gasteiger partial charge >= 0.3 is 0 Å². The van der Waals surface area contributed by atoms with Gasteiger partial charge in [-0.25, -0.2) is 8.42 Å². The van der Waals surface area contributed by atoms with Crippen molar-refractivity contribution in [1.29, 1.82) is 0 Å². The van der Waals surface area contributed by atoms with E-state index in [4.69, 9.17) is 0 Å². The molecule has 0 bridgehead atoms. The number of nitrogens with zero attached hydrogens (tertiary/aromatic N) is 1. The minimum Gasteiger partial charge on any atom is -0.351 e. The molecule has 0 spiro atoms. The fraction of sp³-hybridized carbons (Fsp3) is 0.588. The number of halogens is 1. The molecule has 142 valence electrons. The van der Waals surface area contributed by atoms with Crippen LogP contribution in [0.3, 0.4) is 0 Å². The van der Waals surface area contributed by atoms with Gasteiger partial charge in [0.1, 0.15) is 0 Å². The van der Waals surface area contributed by atoms with Crippen LogP contribution in [-0.2, 0) is 10.0 Å². The molecular weight excluding hydrogens is 362 g/mol. The van der Waals surface area contributed by atoms with Crippen molar-refractivity contribution >= 4 is 28.3 Å². The maximum absolute atomic E-state index is 12.9. The van der Waals surface area contributed by atoms with Crippen molar-refractivity contribution < 1.29 is 13.2 Å². The first-order chi connectivity index (χ1) is 11.6. The molecule has 2 rings (SSSR count). The van der Waals surface area contributed by atoms with Crippen molar-refractivity contribution in [3.63, 3.8) is 0 Å². The number of carbonyl (C=O) groups is 1. The lowest BCUT2D eigenvalue weighted by Crippen LogP contribution is -2.37. The molecule has 1 fully saturated rings. The Balaban J connectivity index is 0.00000312. The van der Waals surface area contributed by atoms with Crippen LogP contribution in [0.5, 0.6) is 0 Å². The highest BCUT2D eigenvalue weighted by molar-refractivity contribution is 7.89. The quantitative estimate of drug-likeness (QED) is 0.666. The van der Waals surface area contributed by atoms with Gasteiger partial charge in [0.05, 0.1) is 10.5 Å². The lowest BCUT2D eigenvalue weighted by atomic mass is 10.2. The van der Waals surface area contributed by atoms with Gasteiger partial charge in [0, 0.05) is 26.2 Å². The third-order valence-electron chi connectivity index (χ3n) is 4.08. The number of hydrogen-bond donors (Lipinski definition) is 2. The van der Waals surface area contributed by atoms with Crippen LogP contribution in [0.2, 0.25) is 0 Å². The monoisotopic (exact) mass is 389 g/mol. The third-order valence-corrected chi connectivity index (χ3v) is 6.04. The van der Waals surface area contributed by atoms with Crippen LogP contribution in [0.25, 0.3) is 0 Å². The average molecular weight is 390 g/mol. The van der Waals surface area contributed by atoms with Crippen molar-refractivity contribution in [2.24, 2.45) is 0 Å². The highest BCUT2D eigenvalue weighted by Gasteiger charge is 2.29. The van der Waals surface area contributed by atoms with Gasteiger partial charge in [-0.15, -0.1) is 12.4 Å². The molecule has 1 aromatic rings. The van der Waals surface area contributed by atoms with Crippen molar-refractivity contribution in [3.8, 4) is 0 Å². The molecule has 0 atom stereocenters. The fourth-order valence-corrected chi connectivity index (χ4v) is 4.49. The zero-order valence-corrected chi connectivity index (χ0v) is 16.3. The van der Waals surface area contributed by atoms with E-state index in [0.717, 1.165) is 32.2 Å². The van der Waals surface area contributed by atoms with Crippen LogP contribution in [0.15, 0.2) is 29.2 Å². The molecule has 0 aliphatic carbocycles. The summed E-state index contributed by atoms with van der Waals surface area (Å²) in [6.07, 6.45) is 3.83. The Kier molecular flexibility index (Phi) is 9.42. The Morgan fingerprint density at radius 3 is 2.44 bits per heavy atom. The van der Waals surface area contributed by atoms with Gasteiger partial charge in [0.15, 0.2) is 0 Å². The SMILES string of the molecule is CCCNCCNC(=O)c1ccccc1S(=O)(=O)N1CCCCC1.Cl. The van der Waals surface area contributed by atoms with Gasteiger partial charge in [-0.3, -0.25) is 4.79 Å². The maximum Gasteiger partial charge on any atom is 0.252 e. The molecule has 1 aliphatic rings. The van der Waals surface area contributed by atoms with Crippen LogP contribution in [0.1, 0.15) is 43.0 Å². The van der Waals surface area contributed by atoms with E-state index in [2.05, 4.69) is 17.6 Å². The number of sulfonamides is 1. The molecule has 2 N–H and O–H groups in total. The fourth-order valence-electron chi connectivity index (χ4n) is 2.78. The molecule has 0 unspecified atom stereocenters. The van der Waals surface area contributed by atoms with Crippen molar-refractivity contribution in [3.05, 3.63) is 29.8 Å². The van der Waals surface area contributed by atoms with Gasteiger partial charge in [0.2, 0.25) is 10.0 Å². The van der Waals surface area contributed by atoms with Crippen molar-refractivity contribution in [2.75, 3.05) is 32.7 Å². The zero-order chi connectivity index (χ0) is 17.4. The van der Waals surface area contributed by atoms with E-state index in [1.165, 1.54) is 10.4 Å². The molecule has 8 heteroatoms. The van der Waals surface area contributed by atoms with E-state index in [0.29, 0.717) is 26.2 Å². The number of rotatable bonds is 8. The second-order valence-corrected chi connectivity index (χ2v) is 7.87. The van der Waals surface area contributed by atoms with Gasteiger partial charge in [-0.05, 0) is 37.9 Å². The molecule has 1 aromatic carbocycles. The number of carbonyl (C=O) groups excluding carboxylic acids is 1. The number of piperidine rings is 1. The molecule has 25 heavy (non-hydrogen) atoms. The van der Waals surface area contributed by atoms with E-state index in [1.54, 1.807) is 18.2 Å². The lowest BCUT2D eigenvalue weighted by molar-refractivity contribution is 0.0950. The molecule has 1 aliphatic heterocycles. The second kappa shape index (κ2) is 10.8. The normalized spacial score (nSPS) is 15.4. The minimum absolute atomic E-state index is 0. The minimum atomic E-state index is -3.62.